The van der Waals surface area contributed by atoms with Gasteiger partial charge < -0.3 is 4.74 Å². The first-order valence-corrected chi connectivity index (χ1v) is 9.98. The lowest BCUT2D eigenvalue weighted by atomic mass is 10.1. The largest absolute Gasteiger partial charge is 0.497 e. The van der Waals surface area contributed by atoms with Crippen molar-refractivity contribution in [3.63, 3.8) is 0 Å². The maximum absolute atomic E-state index is 12.6. The number of hydrogen-bond acceptors (Lipinski definition) is 4. The topological polar surface area (TPSA) is 43.4 Å². The number of thiophene rings is 1. The fourth-order valence-electron chi connectivity index (χ4n) is 2.44. The second-order valence-electron chi connectivity index (χ2n) is 5.52. The Morgan fingerprint density at radius 2 is 1.67 bits per heavy atom. The molecule has 1 aromatic heterocycles. The van der Waals surface area contributed by atoms with Gasteiger partial charge in [0.05, 0.1) is 17.8 Å². The highest BCUT2D eigenvalue weighted by molar-refractivity contribution is 7.90. The molecule has 0 atom stereocenters. The van der Waals surface area contributed by atoms with Crippen molar-refractivity contribution in [1.82, 2.24) is 0 Å². The molecule has 0 radical (unpaired) electrons. The minimum absolute atomic E-state index is 0.0314. The highest BCUT2D eigenvalue weighted by atomic mass is 32.2. The van der Waals surface area contributed by atoms with Crippen LogP contribution in [0.4, 0.5) is 0 Å². The summed E-state index contributed by atoms with van der Waals surface area (Å²) in [5, 5.41) is 0. The van der Waals surface area contributed by atoms with Gasteiger partial charge in [0.2, 0.25) is 0 Å². The van der Waals surface area contributed by atoms with Gasteiger partial charge >= 0.3 is 0 Å². The van der Waals surface area contributed by atoms with Crippen LogP contribution in [0.3, 0.4) is 0 Å². The lowest BCUT2D eigenvalue weighted by molar-refractivity contribution is 0.415. The van der Waals surface area contributed by atoms with Crippen LogP contribution in [0, 0.1) is 6.92 Å². The van der Waals surface area contributed by atoms with Crippen LogP contribution >= 0.6 is 11.3 Å². The van der Waals surface area contributed by atoms with Gasteiger partial charge in [0, 0.05) is 9.75 Å². The molecule has 0 saturated heterocycles. The Bertz CT molecular complexity index is 925. The molecule has 2 aromatic carbocycles. The minimum Gasteiger partial charge on any atom is -0.497 e. The highest BCUT2D eigenvalue weighted by Crippen LogP contribution is 2.34. The zero-order chi connectivity index (χ0) is 17.2. The third-order valence-corrected chi connectivity index (χ3v) is 6.95. The molecule has 3 nitrogen and oxygen atoms in total. The van der Waals surface area contributed by atoms with Gasteiger partial charge in [-0.15, -0.1) is 11.3 Å². The lowest BCUT2D eigenvalue weighted by Gasteiger charge is -2.03. The summed E-state index contributed by atoms with van der Waals surface area (Å²) in [4.78, 5) is 2.31. The van der Waals surface area contributed by atoms with Crippen molar-refractivity contribution < 1.29 is 13.2 Å². The van der Waals surface area contributed by atoms with E-state index in [2.05, 4.69) is 0 Å². The van der Waals surface area contributed by atoms with Crippen molar-refractivity contribution in [2.75, 3.05) is 7.11 Å². The number of hydrogen-bond donors (Lipinski definition) is 0. The van der Waals surface area contributed by atoms with Crippen LogP contribution in [-0.4, -0.2) is 15.5 Å². The molecule has 0 fully saturated rings. The fourth-order valence-corrected chi connectivity index (χ4v) is 5.43. The predicted octanol–water partition coefficient (Wildman–Crippen LogP) is 4.71. The Morgan fingerprint density at radius 1 is 1.00 bits per heavy atom. The summed E-state index contributed by atoms with van der Waals surface area (Å²) < 4.78 is 30.3. The Kier molecular flexibility index (Phi) is 4.73. The molecule has 24 heavy (non-hydrogen) atoms. The predicted molar refractivity (Wildman–Crippen MR) is 98.4 cm³/mol. The molecular formula is C19H18O3S2. The zero-order valence-corrected chi connectivity index (χ0v) is 15.2. The van der Waals surface area contributed by atoms with Crippen molar-refractivity contribution >= 4 is 21.2 Å². The number of benzene rings is 2. The SMILES string of the molecule is COc1ccc(-c2cc(C)c(CS(=O)(=O)c3ccccc3)s2)cc1. The average molecular weight is 358 g/mol. The number of methoxy groups -OCH3 is 1. The van der Waals surface area contributed by atoms with Crippen molar-refractivity contribution in [2.45, 2.75) is 17.6 Å². The maximum Gasteiger partial charge on any atom is 0.183 e. The molecule has 0 spiro atoms. The summed E-state index contributed by atoms with van der Waals surface area (Å²) in [6.07, 6.45) is 0. The number of aryl methyl sites for hydroxylation is 1. The normalized spacial score (nSPS) is 11.4. The van der Waals surface area contributed by atoms with E-state index < -0.39 is 9.84 Å². The quantitative estimate of drug-likeness (QED) is 0.663. The molecule has 0 aliphatic heterocycles. The monoisotopic (exact) mass is 358 g/mol. The standard InChI is InChI=1S/C19H18O3S2/c1-14-12-18(15-8-10-16(22-2)11-9-15)23-19(14)13-24(20,21)17-6-4-3-5-7-17/h3-12H,13H2,1-2H3. The van der Waals surface area contributed by atoms with E-state index in [1.165, 1.54) is 11.3 Å². The van der Waals surface area contributed by atoms with Gasteiger partial charge in [-0.2, -0.15) is 0 Å². The fraction of sp³-hybridized carbons (Fsp3) is 0.158. The van der Waals surface area contributed by atoms with E-state index >= 15 is 0 Å². The minimum atomic E-state index is -3.32. The number of ether oxygens (including phenoxy) is 1. The summed E-state index contributed by atoms with van der Waals surface area (Å²) in [5.74, 6) is 0.836. The molecule has 0 aliphatic rings. The number of rotatable bonds is 5. The highest BCUT2D eigenvalue weighted by Gasteiger charge is 2.18. The molecule has 124 valence electrons. The molecule has 0 bridgehead atoms. The second kappa shape index (κ2) is 6.79. The molecule has 5 heteroatoms. The molecule has 1 heterocycles. The summed E-state index contributed by atoms with van der Waals surface area (Å²) in [7, 11) is -1.69. The van der Waals surface area contributed by atoms with Crippen molar-refractivity contribution in [3.8, 4) is 16.2 Å². The summed E-state index contributed by atoms with van der Waals surface area (Å²) in [5.41, 5.74) is 2.07. The van der Waals surface area contributed by atoms with Gasteiger partial charge in [-0.25, -0.2) is 8.42 Å². The number of sulfone groups is 1. The maximum atomic E-state index is 12.6. The van der Waals surface area contributed by atoms with Crippen LogP contribution in [0.2, 0.25) is 0 Å². The first-order valence-electron chi connectivity index (χ1n) is 7.51. The van der Waals surface area contributed by atoms with Crippen LogP contribution in [0.15, 0.2) is 65.6 Å². The second-order valence-corrected chi connectivity index (χ2v) is 8.64. The van der Waals surface area contributed by atoms with E-state index in [-0.39, 0.29) is 5.75 Å². The summed E-state index contributed by atoms with van der Waals surface area (Å²) in [6, 6.07) is 18.4. The van der Waals surface area contributed by atoms with Crippen molar-refractivity contribution in [2.24, 2.45) is 0 Å². The van der Waals surface area contributed by atoms with Gasteiger partial charge in [-0.3, -0.25) is 0 Å². The van der Waals surface area contributed by atoms with E-state index in [0.717, 1.165) is 26.6 Å². The first kappa shape index (κ1) is 16.7. The summed E-state index contributed by atoms with van der Waals surface area (Å²) in [6.45, 7) is 1.96. The first-order chi connectivity index (χ1) is 11.5. The van der Waals surface area contributed by atoms with Crippen molar-refractivity contribution in [3.05, 3.63) is 71.1 Å². The van der Waals surface area contributed by atoms with E-state index in [0.29, 0.717) is 4.90 Å². The molecule has 0 N–H and O–H groups in total. The van der Waals surface area contributed by atoms with Gasteiger partial charge in [0.15, 0.2) is 9.84 Å². The molecule has 0 amide bonds. The Hall–Kier alpha value is -2.11. The molecule has 0 saturated carbocycles. The lowest BCUT2D eigenvalue weighted by Crippen LogP contribution is -2.04. The van der Waals surface area contributed by atoms with Gasteiger partial charge in [0.25, 0.3) is 0 Å². The smallest absolute Gasteiger partial charge is 0.183 e. The molecule has 3 rings (SSSR count). The van der Waals surface area contributed by atoms with E-state index in [9.17, 15) is 8.42 Å². The average Bonchev–Trinajstić information content (AvgIpc) is 2.96. The Labute approximate surface area is 146 Å². The molecule has 0 unspecified atom stereocenters. The Balaban J connectivity index is 1.89. The van der Waals surface area contributed by atoms with Crippen LogP contribution in [0.25, 0.3) is 10.4 Å². The van der Waals surface area contributed by atoms with Crippen LogP contribution < -0.4 is 4.74 Å². The molecule has 0 aliphatic carbocycles. The van der Waals surface area contributed by atoms with E-state index in [1.54, 1.807) is 31.4 Å². The molecule has 3 aromatic rings. The van der Waals surface area contributed by atoms with Gasteiger partial charge in [-0.1, -0.05) is 18.2 Å². The van der Waals surface area contributed by atoms with Crippen LogP contribution in [0.5, 0.6) is 5.75 Å². The molecular weight excluding hydrogens is 340 g/mol. The zero-order valence-electron chi connectivity index (χ0n) is 13.5. The third-order valence-electron chi connectivity index (χ3n) is 3.82. The van der Waals surface area contributed by atoms with E-state index in [4.69, 9.17) is 4.74 Å². The Morgan fingerprint density at radius 3 is 2.29 bits per heavy atom. The van der Waals surface area contributed by atoms with Crippen molar-refractivity contribution in [1.29, 1.82) is 0 Å². The van der Waals surface area contributed by atoms with Gasteiger partial charge in [-0.05, 0) is 60.5 Å². The van der Waals surface area contributed by atoms with Crippen LogP contribution in [-0.2, 0) is 15.6 Å². The third kappa shape index (κ3) is 3.52. The van der Waals surface area contributed by atoms with Gasteiger partial charge in [0.1, 0.15) is 5.75 Å². The van der Waals surface area contributed by atoms with E-state index in [1.807, 2.05) is 43.3 Å². The summed E-state index contributed by atoms with van der Waals surface area (Å²) >= 11 is 1.53. The van der Waals surface area contributed by atoms with Crippen LogP contribution in [0.1, 0.15) is 10.4 Å².